The lowest BCUT2D eigenvalue weighted by atomic mass is 9.46. The van der Waals surface area contributed by atoms with Crippen LogP contribution in [0.15, 0.2) is 17.8 Å². The molecule has 1 aromatic rings. The summed E-state index contributed by atoms with van der Waals surface area (Å²) in [5.41, 5.74) is 0.806. The summed E-state index contributed by atoms with van der Waals surface area (Å²) in [5.74, 6) is 1.14. The number of carbonyl (C=O) groups excluding carboxylic acids is 4. The van der Waals surface area contributed by atoms with E-state index in [-0.39, 0.29) is 81.0 Å². The number of fused-ring (bicyclic) bond motifs is 5. The summed E-state index contributed by atoms with van der Waals surface area (Å²) in [4.78, 5) is 55.2. The van der Waals surface area contributed by atoms with Crippen LogP contribution in [0.2, 0.25) is 0 Å². The van der Waals surface area contributed by atoms with Crippen LogP contribution in [0.1, 0.15) is 91.7 Å². The zero-order valence-electron chi connectivity index (χ0n) is 31.7. The Bertz CT molecular complexity index is 1460. The number of ketones is 2. The fraction of sp³-hybridized carbons (Fsp3) is 0.795. The van der Waals surface area contributed by atoms with E-state index in [2.05, 4.69) is 24.2 Å². The van der Waals surface area contributed by atoms with Gasteiger partial charge in [0, 0.05) is 52.2 Å². The van der Waals surface area contributed by atoms with Gasteiger partial charge in [-0.3, -0.25) is 28.8 Å². The summed E-state index contributed by atoms with van der Waals surface area (Å²) in [6.07, 6.45) is 11.9. The molecular formula is C39H64N6O7. The zero-order chi connectivity index (χ0) is 37.0. The van der Waals surface area contributed by atoms with Gasteiger partial charge in [0.15, 0.2) is 5.78 Å². The number of aryl methyl sites for hydroxylation is 1. The average Bonchev–Trinajstić information content (AvgIpc) is 3.67. The first-order valence-electron chi connectivity index (χ1n) is 18.8. The van der Waals surface area contributed by atoms with Gasteiger partial charge in [0.2, 0.25) is 11.8 Å². The largest absolute Gasteiger partial charge is 0.383 e. The van der Waals surface area contributed by atoms with Crippen LogP contribution in [-0.4, -0.2) is 132 Å². The number of allylic oxidation sites excluding steroid dienone is 1. The third-order valence-electron chi connectivity index (χ3n) is 13.0. The van der Waals surface area contributed by atoms with Crippen molar-refractivity contribution in [2.75, 3.05) is 73.7 Å². The minimum atomic E-state index is -1.03. The van der Waals surface area contributed by atoms with E-state index in [0.29, 0.717) is 62.4 Å². The summed E-state index contributed by atoms with van der Waals surface area (Å²) in [6.45, 7) is 8.36. The molecular weight excluding hydrogens is 664 g/mol. The molecule has 0 aliphatic heterocycles. The van der Waals surface area contributed by atoms with Crippen LogP contribution in [-0.2, 0) is 40.8 Å². The summed E-state index contributed by atoms with van der Waals surface area (Å²) in [7, 11) is 4.95. The van der Waals surface area contributed by atoms with Crippen LogP contribution in [0.25, 0.3) is 0 Å². The molecule has 4 aliphatic rings. The first kappa shape index (κ1) is 41.8. The van der Waals surface area contributed by atoms with Crippen molar-refractivity contribution < 1.29 is 33.8 Å². The predicted octanol–water partition coefficient (Wildman–Crippen LogP) is 3.49. The Labute approximate surface area is 310 Å². The number of nitrogens with zero attached hydrogens (tertiary/aromatic N) is 6. The van der Waals surface area contributed by atoms with E-state index < -0.39 is 5.60 Å². The van der Waals surface area contributed by atoms with Crippen molar-refractivity contribution in [2.24, 2.45) is 28.6 Å². The number of hydrogen-bond donors (Lipinski definition) is 1. The van der Waals surface area contributed by atoms with Gasteiger partial charge in [-0.1, -0.05) is 32.1 Å². The zero-order valence-corrected chi connectivity index (χ0v) is 31.7. The van der Waals surface area contributed by atoms with Crippen LogP contribution in [0.4, 0.5) is 0 Å². The molecule has 13 heteroatoms. The first-order valence-corrected chi connectivity index (χ1v) is 18.8. The van der Waals surface area contributed by atoms with Gasteiger partial charge in [0.1, 0.15) is 17.1 Å². The number of Topliss-reactive ketones (excluding diaryl/α,β-unsaturated/α-hetero) is 1. The van der Waals surface area contributed by atoms with Gasteiger partial charge in [-0.2, -0.15) is 0 Å². The van der Waals surface area contributed by atoms with E-state index in [9.17, 15) is 24.3 Å². The average molecular weight is 729 g/mol. The van der Waals surface area contributed by atoms with Crippen molar-refractivity contribution >= 4 is 23.4 Å². The van der Waals surface area contributed by atoms with E-state index in [4.69, 9.17) is 9.47 Å². The number of methoxy groups -OCH3 is 2. The number of carbonyl (C=O) groups is 4. The molecule has 0 aromatic carbocycles. The summed E-state index contributed by atoms with van der Waals surface area (Å²) < 4.78 is 12.1. The van der Waals surface area contributed by atoms with Crippen molar-refractivity contribution in [2.45, 2.75) is 98.1 Å². The van der Waals surface area contributed by atoms with Crippen LogP contribution in [0, 0.1) is 28.6 Å². The molecule has 5 rings (SSSR count). The van der Waals surface area contributed by atoms with Crippen molar-refractivity contribution in [1.29, 1.82) is 0 Å². The molecule has 0 radical (unpaired) electrons. The molecule has 2 amide bonds. The van der Waals surface area contributed by atoms with Gasteiger partial charge in [-0.05, 0) is 94.6 Å². The van der Waals surface area contributed by atoms with Gasteiger partial charge in [-0.25, -0.2) is 0 Å². The Balaban J connectivity index is 0.00000605. The second-order valence-corrected chi connectivity index (χ2v) is 16.1. The fourth-order valence-electron chi connectivity index (χ4n) is 10.0. The topological polar surface area (TPSA) is 147 Å². The van der Waals surface area contributed by atoms with E-state index in [1.54, 1.807) is 11.8 Å². The van der Waals surface area contributed by atoms with Crippen molar-refractivity contribution in [1.82, 2.24) is 29.7 Å². The minimum Gasteiger partial charge on any atom is -0.383 e. The first-order chi connectivity index (χ1) is 24.3. The molecule has 1 aromatic heterocycles. The molecule has 3 unspecified atom stereocenters. The highest BCUT2D eigenvalue weighted by molar-refractivity contribution is 5.91. The molecule has 1 heterocycles. The number of hydrogen-bond acceptors (Lipinski definition) is 10. The summed E-state index contributed by atoms with van der Waals surface area (Å²) in [6, 6.07) is 0. The number of aliphatic hydroxyl groups is 1. The Morgan fingerprint density at radius 3 is 2.25 bits per heavy atom. The van der Waals surface area contributed by atoms with E-state index in [1.807, 2.05) is 24.2 Å². The Hall–Kier alpha value is -3.00. The Morgan fingerprint density at radius 2 is 1.58 bits per heavy atom. The lowest BCUT2D eigenvalue weighted by molar-refractivity contribution is -0.143. The lowest BCUT2D eigenvalue weighted by Crippen LogP contribution is -2.53. The predicted molar refractivity (Wildman–Crippen MR) is 197 cm³/mol. The van der Waals surface area contributed by atoms with Gasteiger partial charge < -0.3 is 24.4 Å². The van der Waals surface area contributed by atoms with Gasteiger partial charge in [0.25, 0.3) is 0 Å². The monoisotopic (exact) mass is 728 g/mol. The molecule has 1 N–H and O–H groups in total. The van der Waals surface area contributed by atoms with E-state index in [1.165, 1.54) is 29.4 Å². The number of likely N-dealkylation sites (N-methyl/N-ethyl adjacent to an activating group) is 1. The third kappa shape index (κ3) is 8.53. The summed E-state index contributed by atoms with van der Waals surface area (Å²) >= 11 is 0. The molecule has 52 heavy (non-hydrogen) atoms. The maximum atomic E-state index is 13.3. The van der Waals surface area contributed by atoms with Crippen LogP contribution < -0.4 is 0 Å². The standard InChI is InChI=1S/C38H60N6O7.CH4/c1-27(45)23-42(18-20-50-5)35(48)26-43(19-21-51-6)34(47)25-41(4)16-7-17-44-24-33(39-40-44)38(49)15-12-32-30-9-8-28-22-29(46)10-13-36(28,2)31(30)11-14-37(32,38)3;/h22,24,30-32,49H,7-21,23,25-26H2,1-6H3;1H4/t30?,31?,32?,36-,37-,38+;/m0./s1. The molecule has 0 saturated heterocycles. The minimum absolute atomic E-state index is 0. The maximum absolute atomic E-state index is 13.3. The van der Waals surface area contributed by atoms with Crippen molar-refractivity contribution in [3.05, 3.63) is 23.5 Å². The van der Waals surface area contributed by atoms with Crippen molar-refractivity contribution in [3.63, 3.8) is 0 Å². The molecule has 13 nitrogen and oxygen atoms in total. The second-order valence-electron chi connectivity index (χ2n) is 16.1. The van der Waals surface area contributed by atoms with Gasteiger partial charge in [0.05, 0.1) is 39.0 Å². The highest BCUT2D eigenvalue weighted by Crippen LogP contribution is 2.69. The third-order valence-corrected chi connectivity index (χ3v) is 13.0. The molecule has 0 bridgehead atoms. The summed E-state index contributed by atoms with van der Waals surface area (Å²) in [5, 5.41) is 21.3. The molecule has 6 atom stereocenters. The molecule has 3 saturated carbocycles. The van der Waals surface area contributed by atoms with Gasteiger partial charge >= 0.3 is 0 Å². The van der Waals surface area contributed by atoms with Gasteiger partial charge in [-0.15, -0.1) is 5.10 Å². The molecule has 3 fully saturated rings. The number of ether oxygens (including phenoxy) is 2. The van der Waals surface area contributed by atoms with Crippen molar-refractivity contribution in [3.8, 4) is 0 Å². The normalized spacial score (nSPS) is 29.4. The highest BCUT2D eigenvalue weighted by atomic mass is 16.5. The highest BCUT2D eigenvalue weighted by Gasteiger charge is 2.65. The second kappa shape index (κ2) is 17.4. The SMILES string of the molecule is C.COCCN(CC(C)=O)C(=O)CN(CCOC)C(=O)CN(C)CCCn1cc([C@]2(O)CCC3C4CCC5=CC(=O)CC[C@]5(C)C4CC[C@@]32C)nn1. The van der Waals surface area contributed by atoms with Crippen LogP contribution >= 0.6 is 0 Å². The number of rotatable bonds is 17. The molecule has 292 valence electrons. The quantitative estimate of drug-likeness (QED) is 0.253. The smallest absolute Gasteiger partial charge is 0.242 e. The van der Waals surface area contributed by atoms with Crippen LogP contribution in [0.3, 0.4) is 0 Å². The Kier molecular flexibility index (Phi) is 14.0. The number of amides is 2. The molecule has 0 spiro atoms. The van der Waals surface area contributed by atoms with E-state index in [0.717, 1.165) is 38.5 Å². The van der Waals surface area contributed by atoms with Crippen LogP contribution in [0.5, 0.6) is 0 Å². The Morgan fingerprint density at radius 1 is 0.923 bits per heavy atom. The lowest BCUT2D eigenvalue weighted by Gasteiger charge is -2.59. The molecule has 4 aliphatic carbocycles. The van der Waals surface area contributed by atoms with E-state index >= 15 is 0 Å². The fourth-order valence-corrected chi connectivity index (χ4v) is 10.0. The number of aromatic nitrogens is 3. The maximum Gasteiger partial charge on any atom is 0.242 e.